The van der Waals surface area contributed by atoms with Crippen molar-refractivity contribution in [2.75, 3.05) is 0 Å². The van der Waals surface area contributed by atoms with Crippen LogP contribution in [0.3, 0.4) is 0 Å². The van der Waals surface area contributed by atoms with Crippen LogP contribution in [0.15, 0.2) is 48.7 Å². The van der Waals surface area contributed by atoms with Crippen molar-refractivity contribution in [3.63, 3.8) is 0 Å². The molecule has 0 fully saturated rings. The van der Waals surface area contributed by atoms with Gasteiger partial charge in [0.1, 0.15) is 11.5 Å². The summed E-state index contributed by atoms with van der Waals surface area (Å²) in [5, 5.41) is 0. The molecule has 0 bridgehead atoms. The molecule has 0 amide bonds. The van der Waals surface area contributed by atoms with Crippen molar-refractivity contribution < 1.29 is 4.39 Å². The van der Waals surface area contributed by atoms with Gasteiger partial charge >= 0.3 is 0 Å². The topological polar surface area (TPSA) is 43.3 Å². The predicted molar refractivity (Wildman–Crippen MR) is 72.3 cm³/mol. The van der Waals surface area contributed by atoms with Gasteiger partial charge in [-0.1, -0.05) is 24.3 Å². The van der Waals surface area contributed by atoms with Crippen molar-refractivity contribution in [1.82, 2.24) is 9.38 Å². The minimum absolute atomic E-state index is 0.196. The second-order valence-corrected chi connectivity index (χ2v) is 4.45. The lowest BCUT2D eigenvalue weighted by Gasteiger charge is -2.00. The molecule has 0 aliphatic rings. The van der Waals surface area contributed by atoms with Gasteiger partial charge in [0.2, 0.25) is 0 Å². The first-order valence-electron chi connectivity index (χ1n) is 6.17. The van der Waals surface area contributed by atoms with Crippen LogP contribution in [0.5, 0.6) is 0 Å². The average Bonchev–Trinajstić information content (AvgIpc) is 2.83. The second-order valence-electron chi connectivity index (χ2n) is 4.45. The molecule has 0 saturated heterocycles. The van der Waals surface area contributed by atoms with Crippen LogP contribution in [0.4, 0.5) is 4.39 Å². The molecule has 0 aliphatic carbocycles. The van der Waals surface area contributed by atoms with Gasteiger partial charge < -0.3 is 10.1 Å². The molecule has 4 heteroatoms. The number of aromatic nitrogens is 2. The van der Waals surface area contributed by atoms with Gasteiger partial charge in [0, 0.05) is 24.9 Å². The standard InChI is InChI=1S/C15H14FN3/c16-14-6-2-1-4-11(14)8-12-10-19-13(9-17)5-3-7-15(19)18-12/h1-7,10H,8-9,17H2. The van der Waals surface area contributed by atoms with E-state index in [4.69, 9.17) is 5.73 Å². The quantitative estimate of drug-likeness (QED) is 0.781. The summed E-state index contributed by atoms with van der Waals surface area (Å²) in [5.41, 5.74) is 9.02. The number of nitrogens with zero attached hydrogens (tertiary/aromatic N) is 2. The van der Waals surface area contributed by atoms with E-state index in [1.807, 2.05) is 34.9 Å². The van der Waals surface area contributed by atoms with Crippen molar-refractivity contribution >= 4 is 5.65 Å². The molecule has 3 nitrogen and oxygen atoms in total. The van der Waals surface area contributed by atoms with Crippen LogP contribution in [0.25, 0.3) is 5.65 Å². The maximum absolute atomic E-state index is 13.6. The van der Waals surface area contributed by atoms with Gasteiger partial charge in [0.15, 0.2) is 0 Å². The summed E-state index contributed by atoms with van der Waals surface area (Å²) in [6.45, 7) is 0.451. The number of nitrogens with two attached hydrogens (primary N) is 1. The summed E-state index contributed by atoms with van der Waals surface area (Å²) in [7, 11) is 0. The zero-order valence-electron chi connectivity index (χ0n) is 10.4. The molecule has 0 aliphatic heterocycles. The molecule has 0 atom stereocenters. The molecule has 2 heterocycles. The lowest BCUT2D eigenvalue weighted by molar-refractivity contribution is 0.613. The van der Waals surface area contributed by atoms with E-state index in [1.165, 1.54) is 6.07 Å². The number of hydrogen-bond acceptors (Lipinski definition) is 2. The van der Waals surface area contributed by atoms with E-state index in [1.54, 1.807) is 12.1 Å². The van der Waals surface area contributed by atoms with Crippen molar-refractivity contribution in [2.45, 2.75) is 13.0 Å². The van der Waals surface area contributed by atoms with E-state index in [0.29, 0.717) is 18.5 Å². The van der Waals surface area contributed by atoms with Crippen LogP contribution in [0.1, 0.15) is 17.0 Å². The number of benzene rings is 1. The minimum Gasteiger partial charge on any atom is -0.325 e. The fraction of sp³-hybridized carbons (Fsp3) is 0.133. The maximum Gasteiger partial charge on any atom is 0.137 e. The summed E-state index contributed by atoms with van der Waals surface area (Å²) in [5.74, 6) is -0.196. The van der Waals surface area contributed by atoms with Crippen molar-refractivity contribution in [3.05, 3.63) is 71.4 Å². The predicted octanol–water partition coefficient (Wildman–Crippen LogP) is 2.52. The molecule has 0 unspecified atom stereocenters. The maximum atomic E-state index is 13.6. The number of rotatable bonds is 3. The fourth-order valence-corrected chi connectivity index (χ4v) is 2.21. The van der Waals surface area contributed by atoms with Crippen LogP contribution in [0.2, 0.25) is 0 Å². The van der Waals surface area contributed by atoms with Crippen molar-refractivity contribution in [1.29, 1.82) is 0 Å². The molecule has 1 aromatic carbocycles. The van der Waals surface area contributed by atoms with Crippen LogP contribution >= 0.6 is 0 Å². The molecular formula is C15H14FN3. The van der Waals surface area contributed by atoms with Gasteiger partial charge in [-0.15, -0.1) is 0 Å². The van der Waals surface area contributed by atoms with Crippen LogP contribution < -0.4 is 5.73 Å². The first-order chi connectivity index (χ1) is 9.28. The van der Waals surface area contributed by atoms with Crippen molar-refractivity contribution in [2.24, 2.45) is 5.73 Å². The van der Waals surface area contributed by atoms with Gasteiger partial charge in [-0.05, 0) is 23.8 Å². The number of hydrogen-bond donors (Lipinski definition) is 1. The first-order valence-corrected chi connectivity index (χ1v) is 6.17. The highest BCUT2D eigenvalue weighted by molar-refractivity contribution is 5.42. The third-order valence-electron chi connectivity index (χ3n) is 3.16. The number of imidazole rings is 1. The van der Waals surface area contributed by atoms with E-state index in [-0.39, 0.29) is 5.82 Å². The molecule has 3 rings (SSSR count). The zero-order chi connectivity index (χ0) is 13.2. The monoisotopic (exact) mass is 255 g/mol. The summed E-state index contributed by atoms with van der Waals surface area (Å²) in [6.07, 6.45) is 2.41. The van der Waals surface area contributed by atoms with Gasteiger partial charge in [0.05, 0.1) is 5.69 Å². The molecule has 19 heavy (non-hydrogen) atoms. The highest BCUT2D eigenvalue weighted by Crippen LogP contribution is 2.14. The highest BCUT2D eigenvalue weighted by atomic mass is 19.1. The third kappa shape index (κ3) is 2.22. The third-order valence-corrected chi connectivity index (χ3v) is 3.16. The van der Waals surface area contributed by atoms with E-state index < -0.39 is 0 Å². The van der Waals surface area contributed by atoms with Gasteiger partial charge in [-0.3, -0.25) is 0 Å². The molecule has 0 spiro atoms. The number of halogens is 1. The molecule has 0 saturated carbocycles. The van der Waals surface area contributed by atoms with Gasteiger partial charge in [0.25, 0.3) is 0 Å². The summed E-state index contributed by atoms with van der Waals surface area (Å²) < 4.78 is 15.6. The van der Waals surface area contributed by atoms with E-state index in [9.17, 15) is 4.39 Å². The van der Waals surface area contributed by atoms with Crippen LogP contribution in [-0.4, -0.2) is 9.38 Å². The zero-order valence-corrected chi connectivity index (χ0v) is 10.4. The summed E-state index contributed by atoms with van der Waals surface area (Å²) in [6, 6.07) is 12.6. The van der Waals surface area contributed by atoms with Crippen LogP contribution in [-0.2, 0) is 13.0 Å². The highest BCUT2D eigenvalue weighted by Gasteiger charge is 2.07. The van der Waals surface area contributed by atoms with Gasteiger partial charge in [-0.25, -0.2) is 9.37 Å². The Labute approximate surface area is 110 Å². The second kappa shape index (κ2) is 4.82. The van der Waals surface area contributed by atoms with Gasteiger partial charge in [-0.2, -0.15) is 0 Å². The van der Waals surface area contributed by atoms with Crippen molar-refractivity contribution in [3.8, 4) is 0 Å². The molecule has 0 radical (unpaired) electrons. The molecule has 3 aromatic rings. The average molecular weight is 255 g/mol. The Hall–Kier alpha value is -2.20. The Morgan fingerprint density at radius 3 is 2.74 bits per heavy atom. The lowest BCUT2D eigenvalue weighted by atomic mass is 10.1. The number of fused-ring (bicyclic) bond motifs is 1. The number of pyridine rings is 1. The molecular weight excluding hydrogens is 241 g/mol. The largest absolute Gasteiger partial charge is 0.325 e. The van der Waals surface area contributed by atoms with E-state index >= 15 is 0 Å². The smallest absolute Gasteiger partial charge is 0.137 e. The molecule has 2 aromatic heterocycles. The molecule has 2 N–H and O–H groups in total. The Morgan fingerprint density at radius 2 is 1.95 bits per heavy atom. The fourth-order valence-electron chi connectivity index (χ4n) is 2.21. The Morgan fingerprint density at radius 1 is 1.11 bits per heavy atom. The van der Waals surface area contributed by atoms with Crippen LogP contribution in [0, 0.1) is 5.82 Å². The normalized spacial score (nSPS) is 11.1. The molecule has 96 valence electrons. The van der Waals surface area contributed by atoms with E-state index in [2.05, 4.69) is 4.98 Å². The minimum atomic E-state index is -0.196. The summed E-state index contributed by atoms with van der Waals surface area (Å²) >= 11 is 0. The summed E-state index contributed by atoms with van der Waals surface area (Å²) in [4.78, 5) is 4.50. The van der Waals surface area contributed by atoms with E-state index in [0.717, 1.165) is 17.0 Å². The SMILES string of the molecule is NCc1cccc2nc(Cc3ccccc3F)cn12. The Balaban J connectivity index is 2.00. The Bertz CT molecular complexity index is 718. The lowest BCUT2D eigenvalue weighted by Crippen LogP contribution is -2.02. The Kier molecular flexibility index (Phi) is 3.01. The first kappa shape index (κ1) is 11.9.